The van der Waals surface area contributed by atoms with Gasteiger partial charge in [-0.15, -0.1) is 0 Å². The first-order valence-electron chi connectivity index (χ1n) is 27.4. The Bertz CT molecular complexity index is 1230. The summed E-state index contributed by atoms with van der Waals surface area (Å²) in [5.41, 5.74) is 0. The van der Waals surface area contributed by atoms with Gasteiger partial charge in [0.2, 0.25) is 0 Å². The van der Waals surface area contributed by atoms with Crippen LogP contribution in [-0.4, -0.2) is 37.2 Å². The average molecular weight is 907 g/mol. The van der Waals surface area contributed by atoms with Gasteiger partial charge in [0.25, 0.3) is 0 Å². The van der Waals surface area contributed by atoms with E-state index in [1.807, 2.05) is 0 Å². The van der Waals surface area contributed by atoms with E-state index in [2.05, 4.69) is 93.7 Å². The summed E-state index contributed by atoms with van der Waals surface area (Å²) in [4.78, 5) is 38.1. The fourth-order valence-corrected chi connectivity index (χ4v) is 7.54. The lowest BCUT2D eigenvalue weighted by Gasteiger charge is -2.18. The van der Waals surface area contributed by atoms with Crippen LogP contribution in [0.3, 0.4) is 0 Å². The maximum absolute atomic E-state index is 12.8. The molecule has 0 saturated heterocycles. The first-order valence-corrected chi connectivity index (χ1v) is 27.4. The molecular formula is C59H102O6. The zero-order valence-electron chi connectivity index (χ0n) is 42.7. The molecule has 0 unspecified atom stereocenters. The summed E-state index contributed by atoms with van der Waals surface area (Å²) in [6, 6.07) is 0. The fraction of sp³-hybridized carbons (Fsp3) is 0.746. The smallest absolute Gasteiger partial charge is 0.306 e. The molecule has 0 aromatic heterocycles. The minimum atomic E-state index is -0.797. The molecule has 0 N–H and O–H groups in total. The largest absolute Gasteiger partial charge is 0.462 e. The molecule has 0 aromatic rings. The lowest BCUT2D eigenvalue weighted by molar-refractivity contribution is -0.167. The number of unbranched alkanes of at least 4 members (excludes halogenated alkanes) is 26. The summed E-state index contributed by atoms with van der Waals surface area (Å²) in [6.07, 6.45) is 67.4. The van der Waals surface area contributed by atoms with Crippen LogP contribution in [0.15, 0.2) is 72.9 Å². The molecule has 0 heterocycles. The monoisotopic (exact) mass is 907 g/mol. The maximum Gasteiger partial charge on any atom is 0.306 e. The molecule has 0 aliphatic rings. The van der Waals surface area contributed by atoms with Crippen molar-refractivity contribution in [2.24, 2.45) is 0 Å². The highest BCUT2D eigenvalue weighted by atomic mass is 16.6. The Hall–Kier alpha value is -3.15. The van der Waals surface area contributed by atoms with Crippen LogP contribution in [0.1, 0.15) is 265 Å². The topological polar surface area (TPSA) is 78.9 Å². The summed E-state index contributed by atoms with van der Waals surface area (Å²) in [7, 11) is 0. The molecule has 0 rings (SSSR count). The Morgan fingerprint density at radius 3 is 0.985 bits per heavy atom. The summed E-state index contributed by atoms with van der Waals surface area (Å²) in [6.45, 7) is 6.48. The van der Waals surface area contributed by atoms with E-state index in [4.69, 9.17) is 14.2 Å². The van der Waals surface area contributed by atoms with Crippen LogP contribution in [0.4, 0.5) is 0 Å². The summed E-state index contributed by atoms with van der Waals surface area (Å²) in [5.74, 6) is -0.944. The lowest BCUT2D eigenvalue weighted by Crippen LogP contribution is -2.30. The van der Waals surface area contributed by atoms with E-state index >= 15 is 0 Å². The maximum atomic E-state index is 12.8. The van der Waals surface area contributed by atoms with E-state index in [0.29, 0.717) is 19.3 Å². The number of carbonyl (C=O) groups excluding carboxylic acids is 3. The first kappa shape index (κ1) is 61.9. The van der Waals surface area contributed by atoms with E-state index in [1.54, 1.807) is 0 Å². The van der Waals surface area contributed by atoms with Gasteiger partial charge >= 0.3 is 17.9 Å². The number of hydrogen-bond donors (Lipinski definition) is 0. The van der Waals surface area contributed by atoms with Crippen LogP contribution in [0.5, 0.6) is 0 Å². The summed E-state index contributed by atoms with van der Waals surface area (Å²) < 4.78 is 16.8. The van der Waals surface area contributed by atoms with Crippen LogP contribution in [0.2, 0.25) is 0 Å². The molecule has 0 radical (unpaired) electrons. The molecule has 374 valence electrons. The average Bonchev–Trinajstić information content (AvgIpc) is 3.30. The van der Waals surface area contributed by atoms with E-state index in [-0.39, 0.29) is 31.1 Å². The second kappa shape index (κ2) is 53.5. The van der Waals surface area contributed by atoms with Crippen molar-refractivity contribution in [2.75, 3.05) is 13.2 Å². The van der Waals surface area contributed by atoms with Crippen molar-refractivity contribution < 1.29 is 28.6 Å². The molecule has 0 aromatic carbocycles. The van der Waals surface area contributed by atoms with Crippen molar-refractivity contribution in [1.29, 1.82) is 0 Å². The molecule has 6 nitrogen and oxygen atoms in total. The van der Waals surface area contributed by atoms with Gasteiger partial charge in [-0.2, -0.15) is 0 Å². The standard InChI is InChI=1S/C59H102O6/c1-4-7-10-13-16-19-22-25-28-29-32-35-38-41-44-47-50-53-59(62)65-56(54-63-57(60)51-48-45-42-39-36-33-30-26-23-20-17-14-11-8-5-2)55-64-58(61)52-49-46-43-40-37-34-31-27-24-21-18-15-12-9-6-3/h8,11,17,20,25-28,30-31,36,39,56H,4-7,9-10,12-16,18-19,21-24,29,32-35,37-38,40-55H2,1-3H3/b11-8-,20-17-,28-25-,30-26-,31-27-,39-36-/t56-/m1/s1. The van der Waals surface area contributed by atoms with Crippen molar-refractivity contribution in [1.82, 2.24) is 0 Å². The molecular weight excluding hydrogens is 805 g/mol. The Labute approximate surface area is 402 Å². The molecule has 1 atom stereocenters. The second-order valence-electron chi connectivity index (χ2n) is 18.1. The molecule has 0 bridgehead atoms. The van der Waals surface area contributed by atoms with Crippen molar-refractivity contribution in [3.8, 4) is 0 Å². The van der Waals surface area contributed by atoms with Gasteiger partial charge in [0.15, 0.2) is 6.10 Å². The number of carbonyl (C=O) groups is 3. The highest BCUT2D eigenvalue weighted by Crippen LogP contribution is 2.14. The second-order valence-corrected chi connectivity index (χ2v) is 18.1. The van der Waals surface area contributed by atoms with Gasteiger partial charge in [0, 0.05) is 19.3 Å². The third kappa shape index (κ3) is 51.7. The van der Waals surface area contributed by atoms with Gasteiger partial charge in [0.1, 0.15) is 13.2 Å². The minimum absolute atomic E-state index is 0.0943. The van der Waals surface area contributed by atoms with Crippen molar-refractivity contribution >= 4 is 17.9 Å². The van der Waals surface area contributed by atoms with Gasteiger partial charge in [-0.25, -0.2) is 0 Å². The van der Waals surface area contributed by atoms with Gasteiger partial charge in [-0.3, -0.25) is 14.4 Å². The highest BCUT2D eigenvalue weighted by Gasteiger charge is 2.19. The van der Waals surface area contributed by atoms with Crippen molar-refractivity contribution in [2.45, 2.75) is 271 Å². The SMILES string of the molecule is CC/C=C\C/C=C\C/C=C\C/C=C\CCCCC(=O)OC[C@H](COC(=O)CCCCCCC/C=C\CCCCCCCC)OC(=O)CCCCCCCCC/C=C\CCCCCCCC. The van der Waals surface area contributed by atoms with Gasteiger partial charge in [0.05, 0.1) is 0 Å². The van der Waals surface area contributed by atoms with Gasteiger partial charge < -0.3 is 14.2 Å². The fourth-order valence-electron chi connectivity index (χ4n) is 7.54. The summed E-state index contributed by atoms with van der Waals surface area (Å²) >= 11 is 0. The molecule has 0 spiro atoms. The molecule has 0 fully saturated rings. The lowest BCUT2D eigenvalue weighted by atomic mass is 10.1. The molecule has 0 aliphatic heterocycles. The van der Waals surface area contributed by atoms with Crippen LogP contribution < -0.4 is 0 Å². The van der Waals surface area contributed by atoms with Crippen LogP contribution in [0, 0.1) is 0 Å². The minimum Gasteiger partial charge on any atom is -0.462 e. The van der Waals surface area contributed by atoms with E-state index in [1.165, 1.54) is 135 Å². The number of ether oxygens (including phenoxy) is 3. The Morgan fingerprint density at radius 1 is 0.323 bits per heavy atom. The Morgan fingerprint density at radius 2 is 0.600 bits per heavy atom. The van der Waals surface area contributed by atoms with Gasteiger partial charge in [-0.1, -0.05) is 209 Å². The molecule has 0 aliphatic carbocycles. The van der Waals surface area contributed by atoms with Crippen molar-refractivity contribution in [3.05, 3.63) is 72.9 Å². The van der Waals surface area contributed by atoms with E-state index in [0.717, 1.165) is 89.9 Å². The predicted molar refractivity (Wildman–Crippen MR) is 279 cm³/mol. The number of hydrogen-bond acceptors (Lipinski definition) is 6. The normalized spacial score (nSPS) is 12.6. The molecule has 0 amide bonds. The zero-order valence-corrected chi connectivity index (χ0v) is 42.7. The van der Waals surface area contributed by atoms with Crippen LogP contribution in [-0.2, 0) is 28.6 Å². The van der Waals surface area contributed by atoms with Crippen molar-refractivity contribution in [3.63, 3.8) is 0 Å². The summed E-state index contributed by atoms with van der Waals surface area (Å²) in [5, 5.41) is 0. The molecule has 0 saturated carbocycles. The quantitative estimate of drug-likeness (QED) is 0.0262. The van der Waals surface area contributed by atoms with E-state index in [9.17, 15) is 14.4 Å². The number of rotatable bonds is 49. The van der Waals surface area contributed by atoms with Crippen LogP contribution in [0.25, 0.3) is 0 Å². The highest BCUT2D eigenvalue weighted by molar-refractivity contribution is 5.71. The van der Waals surface area contributed by atoms with Gasteiger partial charge in [-0.05, 0) is 109 Å². The number of esters is 3. The third-order valence-corrected chi connectivity index (χ3v) is 11.7. The molecule has 6 heteroatoms. The predicted octanol–water partition coefficient (Wildman–Crippen LogP) is 18.2. The Balaban J connectivity index is 4.45. The van der Waals surface area contributed by atoms with Crippen LogP contribution >= 0.6 is 0 Å². The zero-order chi connectivity index (χ0) is 47.2. The molecule has 65 heavy (non-hydrogen) atoms. The third-order valence-electron chi connectivity index (χ3n) is 11.7. The Kier molecular flexibility index (Phi) is 50.9. The first-order chi connectivity index (χ1) is 32.0. The van der Waals surface area contributed by atoms with E-state index < -0.39 is 6.10 Å². The number of allylic oxidation sites excluding steroid dienone is 12.